The minimum Gasteiger partial charge on any atom is -0.351 e. The Morgan fingerprint density at radius 1 is 1.29 bits per heavy atom. The largest absolute Gasteiger partial charge is 0.351 e. The number of hydrogen-bond donors (Lipinski definition) is 3. The summed E-state index contributed by atoms with van der Waals surface area (Å²) in [5.41, 5.74) is 10.4. The number of primary amides is 1. The Morgan fingerprint density at radius 3 is 2.47 bits per heavy atom. The molecule has 0 saturated heterocycles. The maximum absolute atomic E-state index is 11.5. The van der Waals surface area contributed by atoms with Gasteiger partial charge in [-0.25, -0.2) is 4.79 Å². The molecule has 0 aromatic carbocycles. The molecule has 0 aliphatic heterocycles. The molecule has 1 rings (SSSR count). The molecule has 1 aliphatic rings. The Hall–Kier alpha value is -1.14. The molecule has 6 heteroatoms. The van der Waals surface area contributed by atoms with Crippen LogP contribution in [0.2, 0.25) is 0 Å². The lowest BCUT2D eigenvalue weighted by Crippen LogP contribution is -2.45. The average molecular weight is 242 g/mol. The molecule has 5 N–H and O–H groups in total. The van der Waals surface area contributed by atoms with Gasteiger partial charge in [-0.2, -0.15) is 0 Å². The zero-order valence-corrected chi connectivity index (χ0v) is 10.2. The summed E-state index contributed by atoms with van der Waals surface area (Å²) in [6.45, 7) is 1.64. The summed E-state index contributed by atoms with van der Waals surface area (Å²) in [6.07, 6.45) is 5.52. The third kappa shape index (κ3) is 5.14. The van der Waals surface area contributed by atoms with Crippen molar-refractivity contribution in [2.45, 2.75) is 38.1 Å². The van der Waals surface area contributed by atoms with Crippen molar-refractivity contribution >= 4 is 11.9 Å². The number of imide groups is 1. The van der Waals surface area contributed by atoms with Crippen LogP contribution in [-0.4, -0.2) is 42.5 Å². The fourth-order valence-corrected chi connectivity index (χ4v) is 2.32. The first-order chi connectivity index (χ1) is 8.13. The van der Waals surface area contributed by atoms with Gasteiger partial charge in [0.05, 0.1) is 6.54 Å². The van der Waals surface area contributed by atoms with E-state index in [4.69, 9.17) is 11.5 Å². The average Bonchev–Trinajstić information content (AvgIpc) is 2.76. The third-order valence-electron chi connectivity index (χ3n) is 3.10. The zero-order chi connectivity index (χ0) is 12.7. The summed E-state index contributed by atoms with van der Waals surface area (Å²) in [7, 11) is 0. The van der Waals surface area contributed by atoms with Crippen molar-refractivity contribution in [2.75, 3.05) is 19.6 Å². The molecule has 0 radical (unpaired) electrons. The van der Waals surface area contributed by atoms with Crippen LogP contribution >= 0.6 is 0 Å². The van der Waals surface area contributed by atoms with E-state index in [1.54, 1.807) is 0 Å². The van der Waals surface area contributed by atoms with Crippen LogP contribution in [0.15, 0.2) is 0 Å². The first-order valence-electron chi connectivity index (χ1n) is 6.17. The molecule has 1 saturated carbocycles. The summed E-state index contributed by atoms with van der Waals surface area (Å²) in [6, 6.07) is -0.347. The van der Waals surface area contributed by atoms with Gasteiger partial charge in [0.1, 0.15) is 0 Å². The van der Waals surface area contributed by atoms with E-state index in [-0.39, 0.29) is 12.5 Å². The number of urea groups is 1. The molecule has 1 fully saturated rings. The summed E-state index contributed by atoms with van der Waals surface area (Å²) in [5, 5.41) is 2.10. The number of hydrogen-bond acceptors (Lipinski definition) is 4. The van der Waals surface area contributed by atoms with Gasteiger partial charge in [-0.1, -0.05) is 12.8 Å². The van der Waals surface area contributed by atoms with Gasteiger partial charge in [0.15, 0.2) is 0 Å². The van der Waals surface area contributed by atoms with E-state index in [9.17, 15) is 9.59 Å². The lowest BCUT2D eigenvalue weighted by Gasteiger charge is -2.27. The standard InChI is InChI=1S/C11H22N4O2/c12-6-3-7-15(9-4-1-2-5-9)8-10(16)14-11(13)17/h9H,1-8,12H2,(H3,13,14,16,17). The summed E-state index contributed by atoms with van der Waals surface area (Å²) in [5.74, 6) is -0.332. The fraction of sp³-hybridized carbons (Fsp3) is 0.818. The van der Waals surface area contributed by atoms with Crippen LogP contribution in [0.3, 0.4) is 0 Å². The van der Waals surface area contributed by atoms with Crippen molar-refractivity contribution in [3.05, 3.63) is 0 Å². The smallest absolute Gasteiger partial charge is 0.318 e. The highest BCUT2D eigenvalue weighted by Crippen LogP contribution is 2.23. The first-order valence-corrected chi connectivity index (χ1v) is 6.17. The van der Waals surface area contributed by atoms with Gasteiger partial charge >= 0.3 is 6.03 Å². The number of carbonyl (C=O) groups is 2. The van der Waals surface area contributed by atoms with Crippen LogP contribution in [0.5, 0.6) is 0 Å². The Balaban J connectivity index is 2.44. The minimum absolute atomic E-state index is 0.230. The predicted molar refractivity (Wildman–Crippen MR) is 65.2 cm³/mol. The van der Waals surface area contributed by atoms with Crippen LogP contribution in [0.1, 0.15) is 32.1 Å². The van der Waals surface area contributed by atoms with E-state index in [2.05, 4.69) is 10.2 Å². The SMILES string of the molecule is NCCCN(CC(=O)NC(N)=O)C1CCCC1. The second-order valence-corrected chi connectivity index (χ2v) is 4.46. The van der Waals surface area contributed by atoms with Gasteiger partial charge in [-0.05, 0) is 25.8 Å². The molecule has 0 unspecified atom stereocenters. The maximum atomic E-state index is 11.5. The zero-order valence-electron chi connectivity index (χ0n) is 10.2. The van der Waals surface area contributed by atoms with E-state index in [0.717, 1.165) is 25.8 Å². The van der Waals surface area contributed by atoms with Gasteiger partial charge in [-0.3, -0.25) is 15.0 Å². The minimum atomic E-state index is -0.791. The van der Waals surface area contributed by atoms with Gasteiger partial charge in [-0.15, -0.1) is 0 Å². The fourth-order valence-electron chi connectivity index (χ4n) is 2.32. The highest BCUT2D eigenvalue weighted by molar-refractivity contribution is 5.94. The molecule has 0 heterocycles. The molecule has 0 bridgehead atoms. The van der Waals surface area contributed by atoms with E-state index in [1.807, 2.05) is 0 Å². The Bertz CT molecular complexity index is 264. The van der Waals surface area contributed by atoms with Gasteiger partial charge in [0.2, 0.25) is 5.91 Å². The lowest BCUT2D eigenvalue weighted by atomic mass is 10.2. The highest BCUT2D eigenvalue weighted by Gasteiger charge is 2.24. The number of nitrogens with one attached hydrogen (secondary N) is 1. The predicted octanol–water partition coefficient (Wildman–Crippen LogP) is -0.225. The van der Waals surface area contributed by atoms with Crippen molar-refractivity contribution < 1.29 is 9.59 Å². The van der Waals surface area contributed by atoms with E-state index >= 15 is 0 Å². The van der Waals surface area contributed by atoms with Crippen LogP contribution in [-0.2, 0) is 4.79 Å². The normalized spacial score (nSPS) is 16.4. The van der Waals surface area contributed by atoms with Crippen LogP contribution in [0, 0.1) is 0 Å². The summed E-state index contributed by atoms with van der Waals surface area (Å²) < 4.78 is 0. The molecule has 98 valence electrons. The monoisotopic (exact) mass is 242 g/mol. The van der Waals surface area contributed by atoms with Gasteiger partial charge in [0, 0.05) is 12.6 Å². The van der Waals surface area contributed by atoms with E-state index < -0.39 is 6.03 Å². The Kier molecular flexibility index (Phi) is 5.93. The van der Waals surface area contributed by atoms with Crippen LogP contribution in [0.25, 0.3) is 0 Å². The van der Waals surface area contributed by atoms with E-state index in [0.29, 0.717) is 12.6 Å². The number of nitrogens with zero attached hydrogens (tertiary/aromatic N) is 1. The molecule has 0 aromatic rings. The molecule has 3 amide bonds. The molecule has 1 aliphatic carbocycles. The number of nitrogens with two attached hydrogens (primary N) is 2. The molecule has 6 nitrogen and oxygen atoms in total. The summed E-state index contributed by atoms with van der Waals surface area (Å²) >= 11 is 0. The third-order valence-corrected chi connectivity index (χ3v) is 3.10. The number of amides is 3. The quantitative estimate of drug-likeness (QED) is 0.599. The highest BCUT2D eigenvalue weighted by atomic mass is 16.2. The second-order valence-electron chi connectivity index (χ2n) is 4.46. The van der Waals surface area contributed by atoms with Gasteiger partial charge < -0.3 is 11.5 Å². The van der Waals surface area contributed by atoms with Crippen molar-refractivity contribution in [1.29, 1.82) is 0 Å². The number of rotatable bonds is 6. The summed E-state index contributed by atoms with van der Waals surface area (Å²) in [4.78, 5) is 24.2. The van der Waals surface area contributed by atoms with E-state index in [1.165, 1.54) is 12.8 Å². The maximum Gasteiger partial charge on any atom is 0.318 e. The Labute approximate surface area is 102 Å². The first kappa shape index (κ1) is 13.9. The molecular formula is C11H22N4O2. The molecule has 17 heavy (non-hydrogen) atoms. The topological polar surface area (TPSA) is 101 Å². The van der Waals surface area contributed by atoms with Gasteiger partial charge in [0.25, 0.3) is 0 Å². The lowest BCUT2D eigenvalue weighted by molar-refractivity contribution is -0.121. The van der Waals surface area contributed by atoms with Crippen LogP contribution < -0.4 is 16.8 Å². The molecular weight excluding hydrogens is 220 g/mol. The van der Waals surface area contributed by atoms with Crippen molar-refractivity contribution in [1.82, 2.24) is 10.2 Å². The molecule has 0 aromatic heterocycles. The second kappa shape index (κ2) is 7.24. The molecule has 0 spiro atoms. The van der Waals surface area contributed by atoms with Crippen molar-refractivity contribution in [3.63, 3.8) is 0 Å². The molecule has 0 atom stereocenters. The van der Waals surface area contributed by atoms with Crippen molar-refractivity contribution in [2.24, 2.45) is 11.5 Å². The van der Waals surface area contributed by atoms with Crippen LogP contribution in [0.4, 0.5) is 4.79 Å². The Morgan fingerprint density at radius 2 is 1.94 bits per heavy atom. The number of carbonyl (C=O) groups excluding carboxylic acids is 2. The van der Waals surface area contributed by atoms with Crippen molar-refractivity contribution in [3.8, 4) is 0 Å².